The normalized spacial score (nSPS) is 15.8. The van der Waals surface area contributed by atoms with Gasteiger partial charge in [-0.25, -0.2) is 9.59 Å². The first-order valence-corrected chi connectivity index (χ1v) is 9.12. The fourth-order valence-corrected chi connectivity index (χ4v) is 3.77. The lowest BCUT2D eigenvalue weighted by Crippen LogP contribution is -2.30. The zero-order valence-corrected chi connectivity index (χ0v) is 16.1. The van der Waals surface area contributed by atoms with Crippen LogP contribution >= 0.6 is 0 Å². The maximum Gasteiger partial charge on any atom is 0.343 e. The number of rotatable bonds is 3. The van der Waals surface area contributed by atoms with Gasteiger partial charge in [-0.05, 0) is 24.6 Å². The maximum absolute atomic E-state index is 12.6. The number of fused-ring (bicyclic) bond motifs is 2. The fourth-order valence-electron chi connectivity index (χ4n) is 3.77. The summed E-state index contributed by atoms with van der Waals surface area (Å²) in [5.74, 6) is -1.94. The van der Waals surface area contributed by atoms with Gasteiger partial charge >= 0.3 is 17.6 Å². The fraction of sp³-hybridized carbons (Fsp3) is 0.300. The Morgan fingerprint density at radius 2 is 1.93 bits per heavy atom. The number of pyridine rings is 1. The Morgan fingerprint density at radius 3 is 2.66 bits per heavy atom. The molecule has 0 saturated heterocycles. The van der Waals surface area contributed by atoms with Gasteiger partial charge in [-0.15, -0.1) is 0 Å². The van der Waals surface area contributed by atoms with Crippen LogP contribution in [0.2, 0.25) is 0 Å². The Balaban J connectivity index is 1.93. The monoisotopic (exact) mass is 397 g/mol. The van der Waals surface area contributed by atoms with E-state index >= 15 is 0 Å². The summed E-state index contributed by atoms with van der Waals surface area (Å²) in [5, 5.41) is 0. The van der Waals surface area contributed by atoms with E-state index in [1.54, 1.807) is 39.2 Å². The van der Waals surface area contributed by atoms with E-state index < -0.39 is 23.4 Å². The minimum Gasteiger partial charge on any atom is -0.462 e. The third-order valence-electron chi connectivity index (χ3n) is 5.21. The molecule has 1 atom stereocenters. The second-order valence-electron chi connectivity index (χ2n) is 6.87. The molecule has 1 aromatic carbocycles. The van der Waals surface area contributed by atoms with Gasteiger partial charge in [0.05, 0.1) is 29.6 Å². The molecule has 0 amide bonds. The van der Waals surface area contributed by atoms with Gasteiger partial charge in [0.1, 0.15) is 5.56 Å². The lowest BCUT2D eigenvalue weighted by molar-refractivity contribution is -0.135. The second-order valence-corrected chi connectivity index (χ2v) is 6.87. The van der Waals surface area contributed by atoms with Gasteiger partial charge < -0.3 is 14.5 Å². The van der Waals surface area contributed by atoms with Crippen molar-refractivity contribution < 1.29 is 19.1 Å². The van der Waals surface area contributed by atoms with Gasteiger partial charge in [0.25, 0.3) is 5.56 Å². The molecule has 1 aliphatic heterocycles. The minimum absolute atomic E-state index is 0.00677. The van der Waals surface area contributed by atoms with Crippen LogP contribution in [0.4, 0.5) is 0 Å². The number of nitrogens with one attached hydrogen (secondary N) is 1. The average molecular weight is 397 g/mol. The Labute approximate surface area is 164 Å². The highest BCUT2D eigenvalue weighted by atomic mass is 16.5. The van der Waals surface area contributed by atoms with Crippen molar-refractivity contribution in [1.29, 1.82) is 0 Å². The molecule has 4 rings (SSSR count). The van der Waals surface area contributed by atoms with Crippen LogP contribution in [0.1, 0.15) is 40.7 Å². The van der Waals surface area contributed by atoms with Crippen LogP contribution in [0.25, 0.3) is 11.0 Å². The van der Waals surface area contributed by atoms with Crippen LogP contribution in [0.5, 0.6) is 5.75 Å². The second kappa shape index (κ2) is 6.77. The lowest BCUT2D eigenvalue weighted by atomic mass is 9.86. The SMILES string of the molecule is CCOC(=O)c1c[nH]c(=O)c2c1OC(=O)C[C@H]2c1ccc2c(c1)n(C)c(=O)n2C. The number of H-pyrrole nitrogens is 1. The molecular formula is C20H19N3O6. The Bertz CT molecular complexity index is 1280. The summed E-state index contributed by atoms with van der Waals surface area (Å²) in [7, 11) is 3.33. The predicted molar refractivity (Wildman–Crippen MR) is 103 cm³/mol. The van der Waals surface area contributed by atoms with E-state index in [0.717, 1.165) is 5.52 Å². The zero-order valence-electron chi connectivity index (χ0n) is 16.1. The molecule has 0 radical (unpaired) electrons. The first-order chi connectivity index (χ1) is 13.8. The number of esters is 2. The van der Waals surface area contributed by atoms with E-state index in [0.29, 0.717) is 11.1 Å². The summed E-state index contributed by atoms with van der Waals surface area (Å²) in [6.45, 7) is 1.80. The number of benzene rings is 1. The summed E-state index contributed by atoms with van der Waals surface area (Å²) in [5.41, 5.74) is 1.63. The Kier molecular flexibility index (Phi) is 4.37. The van der Waals surface area contributed by atoms with Gasteiger partial charge in [-0.3, -0.25) is 18.7 Å². The van der Waals surface area contributed by atoms with Gasteiger partial charge in [-0.1, -0.05) is 6.07 Å². The van der Waals surface area contributed by atoms with Gasteiger partial charge in [0, 0.05) is 26.2 Å². The molecule has 1 N–H and O–H groups in total. The molecule has 0 spiro atoms. The number of hydrogen-bond acceptors (Lipinski definition) is 6. The van der Waals surface area contributed by atoms with Crippen LogP contribution in [-0.4, -0.2) is 32.7 Å². The lowest BCUT2D eigenvalue weighted by Gasteiger charge is -2.25. The molecule has 2 aromatic heterocycles. The van der Waals surface area contributed by atoms with Crippen LogP contribution in [0.15, 0.2) is 34.0 Å². The first-order valence-electron chi connectivity index (χ1n) is 9.12. The van der Waals surface area contributed by atoms with E-state index in [4.69, 9.17) is 9.47 Å². The predicted octanol–water partition coefficient (Wildman–Crippen LogP) is 1.18. The van der Waals surface area contributed by atoms with E-state index in [-0.39, 0.29) is 35.6 Å². The topological polar surface area (TPSA) is 112 Å². The van der Waals surface area contributed by atoms with Crippen LogP contribution in [-0.2, 0) is 23.6 Å². The quantitative estimate of drug-likeness (QED) is 0.664. The molecule has 0 aliphatic carbocycles. The molecule has 29 heavy (non-hydrogen) atoms. The van der Waals surface area contributed by atoms with Crippen molar-refractivity contribution in [3.05, 3.63) is 61.9 Å². The summed E-state index contributed by atoms with van der Waals surface area (Å²) in [6, 6.07) is 5.32. The van der Waals surface area contributed by atoms with Crippen LogP contribution in [0, 0.1) is 0 Å². The number of hydrogen-bond donors (Lipinski definition) is 1. The van der Waals surface area contributed by atoms with Crippen molar-refractivity contribution in [2.75, 3.05) is 6.61 Å². The van der Waals surface area contributed by atoms with Crippen molar-refractivity contribution in [2.24, 2.45) is 14.1 Å². The summed E-state index contributed by atoms with van der Waals surface area (Å²) < 4.78 is 13.3. The average Bonchev–Trinajstić information content (AvgIpc) is 2.91. The van der Waals surface area contributed by atoms with E-state index in [1.165, 1.54) is 15.3 Å². The molecule has 0 unspecified atom stereocenters. The summed E-state index contributed by atoms with van der Waals surface area (Å²) in [4.78, 5) is 51.9. The van der Waals surface area contributed by atoms with Crippen LogP contribution < -0.4 is 16.0 Å². The third kappa shape index (κ3) is 2.86. The number of nitrogens with zero attached hydrogens (tertiary/aromatic N) is 2. The van der Waals surface area contributed by atoms with Crippen molar-refractivity contribution in [3.63, 3.8) is 0 Å². The summed E-state index contributed by atoms with van der Waals surface area (Å²) in [6.07, 6.45) is 1.13. The largest absolute Gasteiger partial charge is 0.462 e. The maximum atomic E-state index is 12.6. The first kappa shape index (κ1) is 18.7. The Morgan fingerprint density at radius 1 is 1.21 bits per heavy atom. The van der Waals surface area contributed by atoms with Crippen molar-refractivity contribution in [2.45, 2.75) is 19.3 Å². The van der Waals surface area contributed by atoms with E-state index in [9.17, 15) is 19.2 Å². The molecule has 0 bridgehead atoms. The number of carbonyl (C=O) groups is 2. The highest BCUT2D eigenvalue weighted by Gasteiger charge is 2.35. The smallest absolute Gasteiger partial charge is 0.343 e. The molecule has 3 aromatic rings. The molecule has 9 nitrogen and oxygen atoms in total. The standard InChI is InChI=1S/C20H19N3O6/c1-4-28-19(26)12-9-21-18(25)16-11(8-15(24)29-17(12)16)10-5-6-13-14(7-10)23(3)20(27)22(13)2/h5-7,9,11H,4,8H2,1-3H3,(H,21,25)/t11-/m0/s1. The van der Waals surface area contributed by atoms with Gasteiger partial charge in [0.15, 0.2) is 5.75 Å². The van der Waals surface area contributed by atoms with Crippen molar-refractivity contribution in [1.82, 2.24) is 14.1 Å². The molecule has 9 heteroatoms. The number of imidazole rings is 1. The molecule has 150 valence electrons. The van der Waals surface area contributed by atoms with Gasteiger partial charge in [0.2, 0.25) is 0 Å². The summed E-state index contributed by atoms with van der Waals surface area (Å²) >= 11 is 0. The van der Waals surface area contributed by atoms with Crippen molar-refractivity contribution >= 4 is 23.0 Å². The third-order valence-corrected chi connectivity index (χ3v) is 5.21. The Hall–Kier alpha value is -3.62. The molecule has 1 aliphatic rings. The highest BCUT2D eigenvalue weighted by molar-refractivity contribution is 5.95. The zero-order chi connectivity index (χ0) is 20.9. The number of carbonyl (C=O) groups excluding carboxylic acids is 2. The van der Waals surface area contributed by atoms with Gasteiger partial charge in [-0.2, -0.15) is 0 Å². The van der Waals surface area contributed by atoms with Crippen molar-refractivity contribution in [3.8, 4) is 5.75 Å². The molecule has 3 heterocycles. The molecule has 0 saturated carbocycles. The molecular weight excluding hydrogens is 378 g/mol. The minimum atomic E-state index is -0.686. The van der Waals surface area contributed by atoms with E-state index in [1.807, 2.05) is 0 Å². The number of aromatic nitrogens is 3. The molecule has 0 fully saturated rings. The van der Waals surface area contributed by atoms with E-state index in [2.05, 4.69) is 4.98 Å². The number of aryl methyl sites for hydroxylation is 2. The number of aromatic amines is 1. The highest BCUT2D eigenvalue weighted by Crippen LogP contribution is 2.39. The number of ether oxygens (including phenoxy) is 2. The van der Waals surface area contributed by atoms with Crippen LogP contribution in [0.3, 0.4) is 0 Å².